The van der Waals surface area contributed by atoms with Gasteiger partial charge in [0, 0.05) is 25.3 Å². The number of aromatic nitrogens is 3. The van der Waals surface area contributed by atoms with Crippen molar-refractivity contribution in [2.45, 2.75) is 39.7 Å². The van der Waals surface area contributed by atoms with Gasteiger partial charge in [-0.3, -0.25) is 0 Å². The fraction of sp³-hybridized carbons (Fsp3) is 0.500. The van der Waals surface area contributed by atoms with E-state index in [2.05, 4.69) is 27.8 Å². The lowest BCUT2D eigenvalue weighted by Crippen LogP contribution is -2.33. The normalized spacial score (nSPS) is 12.0. The molecule has 25 heavy (non-hydrogen) atoms. The van der Waals surface area contributed by atoms with Crippen molar-refractivity contribution >= 4 is 11.7 Å². The van der Waals surface area contributed by atoms with Gasteiger partial charge in [-0.1, -0.05) is 25.5 Å². The van der Waals surface area contributed by atoms with Gasteiger partial charge in [-0.05, 0) is 37.8 Å². The van der Waals surface area contributed by atoms with Crippen LogP contribution < -0.4 is 10.6 Å². The van der Waals surface area contributed by atoms with Gasteiger partial charge in [0.1, 0.15) is 6.33 Å². The Morgan fingerprint density at radius 1 is 1.28 bits per heavy atom. The summed E-state index contributed by atoms with van der Waals surface area (Å²) in [6, 6.07) is 7.29. The minimum atomic E-state index is -0.256. The second-order valence-corrected chi connectivity index (χ2v) is 5.99. The van der Waals surface area contributed by atoms with E-state index in [0.717, 1.165) is 30.8 Å². The predicted molar refractivity (Wildman–Crippen MR) is 98.3 cm³/mol. The smallest absolute Gasteiger partial charge is 0.319 e. The first kappa shape index (κ1) is 18.9. The van der Waals surface area contributed by atoms with Crippen molar-refractivity contribution in [3.05, 3.63) is 30.6 Å². The number of aryl methyl sites for hydroxylation is 1. The van der Waals surface area contributed by atoms with Crippen LogP contribution in [0.3, 0.4) is 0 Å². The number of benzene rings is 1. The van der Waals surface area contributed by atoms with Crippen LogP contribution in [-0.2, 0) is 6.54 Å². The summed E-state index contributed by atoms with van der Waals surface area (Å²) >= 11 is 0. The molecule has 136 valence electrons. The SMILES string of the molecule is CCCC(CCO)CNC(=O)Nc1ccccc1-c1nncn1CC. The van der Waals surface area contributed by atoms with Gasteiger partial charge in [0.25, 0.3) is 0 Å². The Bertz CT molecular complexity index is 665. The number of aliphatic hydroxyl groups is 1. The van der Waals surface area contributed by atoms with E-state index >= 15 is 0 Å². The van der Waals surface area contributed by atoms with Gasteiger partial charge in [-0.25, -0.2) is 4.79 Å². The molecule has 2 amide bonds. The average Bonchev–Trinajstić information content (AvgIpc) is 3.09. The van der Waals surface area contributed by atoms with Crippen LogP contribution in [-0.4, -0.2) is 39.1 Å². The molecule has 2 rings (SSSR count). The number of hydrogen-bond acceptors (Lipinski definition) is 4. The lowest BCUT2D eigenvalue weighted by atomic mass is 10.0. The van der Waals surface area contributed by atoms with Crippen LogP contribution in [0.4, 0.5) is 10.5 Å². The van der Waals surface area contributed by atoms with E-state index in [1.54, 1.807) is 6.33 Å². The van der Waals surface area contributed by atoms with Crippen LogP contribution in [0.1, 0.15) is 33.1 Å². The average molecular weight is 345 g/mol. The molecular weight excluding hydrogens is 318 g/mol. The molecule has 7 heteroatoms. The molecule has 0 aliphatic carbocycles. The molecule has 0 saturated heterocycles. The van der Waals surface area contributed by atoms with Crippen molar-refractivity contribution < 1.29 is 9.90 Å². The van der Waals surface area contributed by atoms with E-state index in [1.807, 2.05) is 35.8 Å². The van der Waals surface area contributed by atoms with E-state index in [0.29, 0.717) is 24.6 Å². The molecular formula is C18H27N5O2. The van der Waals surface area contributed by atoms with Gasteiger partial charge in [0.05, 0.1) is 5.69 Å². The van der Waals surface area contributed by atoms with E-state index in [9.17, 15) is 4.79 Å². The first-order valence-electron chi connectivity index (χ1n) is 8.82. The molecule has 0 saturated carbocycles. The first-order chi connectivity index (χ1) is 12.2. The van der Waals surface area contributed by atoms with Crippen molar-refractivity contribution in [2.75, 3.05) is 18.5 Å². The minimum Gasteiger partial charge on any atom is -0.396 e. The molecule has 1 unspecified atom stereocenters. The van der Waals surface area contributed by atoms with Gasteiger partial charge in [0.2, 0.25) is 0 Å². The van der Waals surface area contributed by atoms with Gasteiger partial charge in [-0.2, -0.15) is 0 Å². The molecule has 3 N–H and O–H groups in total. The van der Waals surface area contributed by atoms with Gasteiger partial charge >= 0.3 is 6.03 Å². The zero-order valence-corrected chi connectivity index (χ0v) is 14.9. The van der Waals surface area contributed by atoms with Crippen molar-refractivity contribution in [1.29, 1.82) is 0 Å². The number of rotatable bonds is 9. The predicted octanol–water partition coefficient (Wildman–Crippen LogP) is 2.89. The molecule has 1 aromatic carbocycles. The van der Waals surface area contributed by atoms with Gasteiger partial charge in [-0.15, -0.1) is 10.2 Å². The third-order valence-electron chi connectivity index (χ3n) is 4.16. The summed E-state index contributed by atoms with van der Waals surface area (Å²) < 4.78 is 1.93. The van der Waals surface area contributed by atoms with Crippen LogP contribution in [0.5, 0.6) is 0 Å². The Morgan fingerprint density at radius 3 is 2.80 bits per heavy atom. The van der Waals surface area contributed by atoms with Crippen LogP contribution in [0.2, 0.25) is 0 Å². The summed E-state index contributed by atoms with van der Waals surface area (Å²) in [7, 11) is 0. The minimum absolute atomic E-state index is 0.142. The zero-order chi connectivity index (χ0) is 18.1. The number of nitrogens with zero attached hydrogens (tertiary/aromatic N) is 3. The molecule has 2 aromatic rings. The first-order valence-corrected chi connectivity index (χ1v) is 8.82. The molecule has 1 heterocycles. The highest BCUT2D eigenvalue weighted by Gasteiger charge is 2.14. The molecule has 0 aliphatic rings. The number of anilines is 1. The summed E-state index contributed by atoms with van der Waals surface area (Å²) in [5, 5.41) is 23.0. The number of hydrogen-bond donors (Lipinski definition) is 3. The highest BCUT2D eigenvalue weighted by atomic mass is 16.3. The van der Waals surface area contributed by atoms with Crippen LogP contribution in [0.25, 0.3) is 11.4 Å². The second-order valence-electron chi connectivity index (χ2n) is 5.99. The molecule has 0 radical (unpaired) electrons. The zero-order valence-electron chi connectivity index (χ0n) is 14.9. The number of carbonyl (C=O) groups is 1. The Labute approximate surface area is 148 Å². The van der Waals surface area contributed by atoms with Crippen LogP contribution in [0, 0.1) is 5.92 Å². The topological polar surface area (TPSA) is 92.1 Å². The number of amides is 2. The third kappa shape index (κ3) is 5.29. The molecule has 1 aromatic heterocycles. The van der Waals surface area contributed by atoms with Crippen LogP contribution >= 0.6 is 0 Å². The van der Waals surface area contributed by atoms with Crippen molar-refractivity contribution in [3.63, 3.8) is 0 Å². The highest BCUT2D eigenvalue weighted by molar-refractivity contribution is 5.93. The standard InChI is InChI=1S/C18H27N5O2/c1-3-7-14(10-11-24)12-19-18(25)21-16-9-6-5-8-15(16)17-22-20-13-23(17)4-2/h5-6,8-9,13-14,24H,3-4,7,10-12H2,1-2H3,(H2,19,21,25). The fourth-order valence-corrected chi connectivity index (χ4v) is 2.82. The third-order valence-corrected chi connectivity index (χ3v) is 4.16. The number of aliphatic hydroxyl groups excluding tert-OH is 1. The summed E-state index contributed by atoms with van der Waals surface area (Å²) in [5.41, 5.74) is 1.52. The molecule has 0 spiro atoms. The van der Waals surface area contributed by atoms with E-state index < -0.39 is 0 Å². The quantitative estimate of drug-likeness (QED) is 0.651. The van der Waals surface area contributed by atoms with Crippen molar-refractivity contribution in [2.24, 2.45) is 5.92 Å². The van der Waals surface area contributed by atoms with E-state index in [4.69, 9.17) is 5.11 Å². The second kappa shape index (κ2) is 9.78. The Balaban J connectivity index is 2.04. The summed E-state index contributed by atoms with van der Waals surface area (Å²) in [5.74, 6) is 1.02. The summed E-state index contributed by atoms with van der Waals surface area (Å²) in [4.78, 5) is 12.3. The number of para-hydroxylation sites is 1. The number of urea groups is 1. The lowest BCUT2D eigenvalue weighted by molar-refractivity contribution is 0.237. The molecule has 0 fully saturated rings. The summed E-state index contributed by atoms with van der Waals surface area (Å²) in [6.07, 6.45) is 4.39. The Hall–Kier alpha value is -2.41. The number of nitrogens with one attached hydrogen (secondary N) is 2. The largest absolute Gasteiger partial charge is 0.396 e. The number of carbonyl (C=O) groups excluding carboxylic acids is 1. The monoisotopic (exact) mass is 345 g/mol. The fourth-order valence-electron chi connectivity index (χ4n) is 2.82. The van der Waals surface area contributed by atoms with Crippen LogP contribution in [0.15, 0.2) is 30.6 Å². The van der Waals surface area contributed by atoms with Crippen molar-refractivity contribution in [1.82, 2.24) is 20.1 Å². The molecule has 0 aliphatic heterocycles. The maximum atomic E-state index is 12.3. The molecule has 0 bridgehead atoms. The summed E-state index contributed by atoms with van der Waals surface area (Å²) in [6.45, 7) is 5.56. The van der Waals surface area contributed by atoms with Gasteiger partial charge in [0.15, 0.2) is 5.82 Å². The Morgan fingerprint density at radius 2 is 2.08 bits per heavy atom. The Kier molecular flexibility index (Phi) is 7.40. The van der Waals surface area contributed by atoms with Gasteiger partial charge < -0.3 is 20.3 Å². The lowest BCUT2D eigenvalue weighted by Gasteiger charge is -2.17. The highest BCUT2D eigenvalue weighted by Crippen LogP contribution is 2.26. The van der Waals surface area contributed by atoms with Crippen molar-refractivity contribution in [3.8, 4) is 11.4 Å². The molecule has 7 nitrogen and oxygen atoms in total. The molecule has 1 atom stereocenters. The maximum absolute atomic E-state index is 12.3. The van der Waals surface area contributed by atoms with E-state index in [1.165, 1.54) is 0 Å². The maximum Gasteiger partial charge on any atom is 0.319 e. The van der Waals surface area contributed by atoms with E-state index in [-0.39, 0.29) is 12.6 Å².